The summed E-state index contributed by atoms with van der Waals surface area (Å²) in [5, 5.41) is 4.16. The van der Waals surface area contributed by atoms with Crippen LogP contribution in [0.15, 0.2) is 48.5 Å². The molecule has 2 nitrogen and oxygen atoms in total. The molecule has 2 aromatic carbocycles. The minimum Gasteiger partial charge on any atom is -0.484 e. The molecule has 21 heavy (non-hydrogen) atoms. The van der Waals surface area contributed by atoms with Crippen LogP contribution in [0.5, 0.6) is 5.75 Å². The van der Waals surface area contributed by atoms with E-state index >= 15 is 0 Å². The maximum absolute atomic E-state index is 6.34. The van der Waals surface area contributed by atoms with E-state index in [1.54, 1.807) is 0 Å². The average Bonchev–Trinajstić information content (AvgIpc) is 3.33. The normalized spacial score (nSPS) is 15.7. The fraction of sp³-hybridized carbons (Fsp3) is 0.333. The Morgan fingerprint density at radius 3 is 2.62 bits per heavy atom. The van der Waals surface area contributed by atoms with E-state index in [0.717, 1.165) is 17.9 Å². The zero-order valence-corrected chi connectivity index (χ0v) is 12.9. The van der Waals surface area contributed by atoms with Crippen LogP contribution < -0.4 is 10.1 Å². The summed E-state index contributed by atoms with van der Waals surface area (Å²) >= 11 is 6.34. The molecule has 0 amide bonds. The van der Waals surface area contributed by atoms with Crippen molar-refractivity contribution in [3.05, 3.63) is 64.7 Å². The number of ether oxygens (including phenoxy) is 1. The molecule has 110 valence electrons. The van der Waals surface area contributed by atoms with E-state index in [9.17, 15) is 0 Å². The molecule has 0 radical (unpaired) electrons. The van der Waals surface area contributed by atoms with Gasteiger partial charge >= 0.3 is 0 Å². The van der Waals surface area contributed by atoms with Crippen LogP contribution in [0, 0.1) is 0 Å². The Bertz CT molecular complexity index is 595. The highest BCUT2D eigenvalue weighted by Gasteiger charge is 2.20. The molecule has 1 N–H and O–H groups in total. The predicted molar refractivity (Wildman–Crippen MR) is 86.8 cm³/mol. The van der Waals surface area contributed by atoms with Crippen LogP contribution in [-0.4, -0.2) is 6.04 Å². The van der Waals surface area contributed by atoms with Crippen molar-refractivity contribution in [2.24, 2.45) is 0 Å². The molecule has 2 aromatic rings. The summed E-state index contributed by atoms with van der Waals surface area (Å²) in [4.78, 5) is 0. The molecule has 3 heteroatoms. The van der Waals surface area contributed by atoms with Crippen molar-refractivity contribution in [1.29, 1.82) is 0 Å². The summed E-state index contributed by atoms with van der Waals surface area (Å²) < 4.78 is 5.97. The second-order valence-electron chi connectivity index (χ2n) is 5.59. The van der Waals surface area contributed by atoms with Crippen molar-refractivity contribution in [3.63, 3.8) is 0 Å². The summed E-state index contributed by atoms with van der Waals surface area (Å²) in [5.74, 6) is 0.739. The monoisotopic (exact) mass is 301 g/mol. The Labute approximate surface area is 131 Å². The van der Waals surface area contributed by atoms with Crippen LogP contribution in [0.2, 0.25) is 5.02 Å². The third-order valence-electron chi connectivity index (χ3n) is 3.74. The lowest BCUT2D eigenvalue weighted by Crippen LogP contribution is -2.15. The van der Waals surface area contributed by atoms with Gasteiger partial charge in [-0.25, -0.2) is 0 Å². The second-order valence-corrected chi connectivity index (χ2v) is 6.00. The smallest absolute Gasteiger partial charge is 0.138 e. The van der Waals surface area contributed by atoms with Crippen molar-refractivity contribution in [1.82, 2.24) is 5.32 Å². The van der Waals surface area contributed by atoms with Crippen LogP contribution in [0.25, 0.3) is 0 Å². The van der Waals surface area contributed by atoms with Crippen LogP contribution in [-0.2, 0) is 6.54 Å². The number of nitrogens with one attached hydrogen (secondary N) is 1. The first-order valence-electron chi connectivity index (χ1n) is 7.46. The SMILES string of the molecule is CC(Oc1ccc(CNC2CC2)cc1Cl)c1ccccc1. The van der Waals surface area contributed by atoms with Gasteiger partial charge in [0.2, 0.25) is 0 Å². The number of hydrogen-bond donors (Lipinski definition) is 1. The molecule has 0 spiro atoms. The maximum atomic E-state index is 6.34. The van der Waals surface area contributed by atoms with Gasteiger partial charge in [-0.1, -0.05) is 48.0 Å². The quantitative estimate of drug-likeness (QED) is 0.832. The Kier molecular flexibility index (Phi) is 4.47. The highest BCUT2D eigenvalue weighted by atomic mass is 35.5. The average molecular weight is 302 g/mol. The van der Waals surface area contributed by atoms with E-state index in [0.29, 0.717) is 11.1 Å². The maximum Gasteiger partial charge on any atom is 0.138 e. The number of hydrogen-bond acceptors (Lipinski definition) is 2. The summed E-state index contributed by atoms with van der Waals surface area (Å²) in [6.45, 7) is 2.91. The lowest BCUT2D eigenvalue weighted by atomic mass is 10.1. The molecular formula is C18H20ClNO. The minimum absolute atomic E-state index is 0.0147. The van der Waals surface area contributed by atoms with E-state index in [1.165, 1.54) is 18.4 Å². The standard InChI is InChI=1S/C18H20ClNO/c1-13(15-5-3-2-4-6-15)21-18-10-7-14(11-17(18)19)12-20-16-8-9-16/h2-7,10-11,13,16,20H,8-9,12H2,1H3. The summed E-state index contributed by atoms with van der Waals surface area (Å²) in [7, 11) is 0. The van der Waals surface area contributed by atoms with Gasteiger partial charge in [0, 0.05) is 12.6 Å². The molecule has 3 rings (SSSR count). The second kappa shape index (κ2) is 6.50. The molecule has 0 heterocycles. The Morgan fingerprint density at radius 2 is 1.95 bits per heavy atom. The van der Waals surface area contributed by atoms with Crippen LogP contribution in [0.3, 0.4) is 0 Å². The van der Waals surface area contributed by atoms with Crippen molar-refractivity contribution in [2.45, 2.75) is 38.5 Å². The van der Waals surface area contributed by atoms with Crippen molar-refractivity contribution < 1.29 is 4.74 Å². The van der Waals surface area contributed by atoms with Gasteiger partial charge in [0.25, 0.3) is 0 Å². The van der Waals surface area contributed by atoms with Gasteiger partial charge in [-0.2, -0.15) is 0 Å². The molecule has 1 atom stereocenters. The highest BCUT2D eigenvalue weighted by Crippen LogP contribution is 2.30. The molecule has 0 bridgehead atoms. The topological polar surface area (TPSA) is 21.3 Å². The van der Waals surface area contributed by atoms with Gasteiger partial charge in [-0.05, 0) is 43.0 Å². The zero-order chi connectivity index (χ0) is 14.7. The minimum atomic E-state index is -0.0147. The van der Waals surface area contributed by atoms with E-state index in [-0.39, 0.29) is 6.10 Å². The number of halogens is 1. The molecule has 1 aliphatic rings. The van der Waals surface area contributed by atoms with Crippen molar-refractivity contribution >= 4 is 11.6 Å². The highest BCUT2D eigenvalue weighted by molar-refractivity contribution is 6.32. The molecule has 0 saturated heterocycles. The Morgan fingerprint density at radius 1 is 1.19 bits per heavy atom. The Balaban J connectivity index is 1.64. The Hall–Kier alpha value is -1.51. The molecule has 0 aromatic heterocycles. The fourth-order valence-electron chi connectivity index (χ4n) is 2.28. The van der Waals surface area contributed by atoms with Gasteiger partial charge in [0.05, 0.1) is 5.02 Å². The third-order valence-corrected chi connectivity index (χ3v) is 4.04. The summed E-state index contributed by atoms with van der Waals surface area (Å²) in [6.07, 6.45) is 2.58. The van der Waals surface area contributed by atoms with Crippen LogP contribution in [0.4, 0.5) is 0 Å². The van der Waals surface area contributed by atoms with Gasteiger partial charge < -0.3 is 10.1 Å². The van der Waals surface area contributed by atoms with Gasteiger partial charge in [-0.15, -0.1) is 0 Å². The molecule has 1 aliphatic carbocycles. The van der Waals surface area contributed by atoms with E-state index in [4.69, 9.17) is 16.3 Å². The first-order chi connectivity index (χ1) is 10.2. The molecule has 1 saturated carbocycles. The molecule has 1 fully saturated rings. The largest absolute Gasteiger partial charge is 0.484 e. The lowest BCUT2D eigenvalue weighted by molar-refractivity contribution is 0.227. The lowest BCUT2D eigenvalue weighted by Gasteiger charge is -2.16. The van der Waals surface area contributed by atoms with Crippen molar-refractivity contribution in [3.8, 4) is 5.75 Å². The van der Waals surface area contributed by atoms with Gasteiger partial charge in [-0.3, -0.25) is 0 Å². The first-order valence-corrected chi connectivity index (χ1v) is 7.83. The fourth-order valence-corrected chi connectivity index (χ4v) is 2.53. The number of benzene rings is 2. The first kappa shape index (κ1) is 14.4. The third kappa shape index (κ3) is 3.99. The molecular weight excluding hydrogens is 282 g/mol. The van der Waals surface area contributed by atoms with Crippen LogP contribution >= 0.6 is 11.6 Å². The predicted octanol–water partition coefficient (Wildman–Crippen LogP) is 4.73. The number of rotatable bonds is 6. The summed E-state index contributed by atoms with van der Waals surface area (Å²) in [5.41, 5.74) is 2.35. The van der Waals surface area contributed by atoms with Crippen LogP contribution in [0.1, 0.15) is 37.0 Å². The van der Waals surface area contributed by atoms with Gasteiger partial charge in [0.1, 0.15) is 11.9 Å². The summed E-state index contributed by atoms with van der Waals surface area (Å²) in [6, 6.07) is 16.9. The van der Waals surface area contributed by atoms with Crippen molar-refractivity contribution in [2.75, 3.05) is 0 Å². The van der Waals surface area contributed by atoms with E-state index in [2.05, 4.69) is 23.5 Å². The zero-order valence-electron chi connectivity index (χ0n) is 12.2. The molecule has 1 unspecified atom stereocenters. The van der Waals surface area contributed by atoms with Gasteiger partial charge in [0.15, 0.2) is 0 Å². The van der Waals surface area contributed by atoms with E-state index in [1.807, 2.05) is 37.3 Å². The molecule has 0 aliphatic heterocycles. The van der Waals surface area contributed by atoms with E-state index < -0.39 is 0 Å².